The minimum absolute atomic E-state index is 0.0426. The zero-order valence-electron chi connectivity index (χ0n) is 12.8. The van der Waals surface area contributed by atoms with Gasteiger partial charge in [0.05, 0.1) is 0 Å². The Kier molecular flexibility index (Phi) is 3.85. The van der Waals surface area contributed by atoms with Crippen molar-refractivity contribution in [2.45, 2.75) is 13.3 Å². The van der Waals surface area contributed by atoms with E-state index in [0.29, 0.717) is 16.9 Å². The van der Waals surface area contributed by atoms with Crippen LogP contribution < -0.4 is 16.0 Å². The smallest absolute Gasteiger partial charge is 0.323 e. The summed E-state index contributed by atoms with van der Waals surface area (Å²) in [5.74, 6) is -0.0426. The van der Waals surface area contributed by atoms with Crippen LogP contribution in [0.25, 0.3) is 0 Å². The molecule has 0 atom stereocenters. The first-order valence-electron chi connectivity index (χ1n) is 7.28. The Balaban J connectivity index is 1.68. The summed E-state index contributed by atoms with van der Waals surface area (Å²) in [6.07, 6.45) is 0.805. The third-order valence-electron chi connectivity index (χ3n) is 3.61. The fourth-order valence-corrected chi connectivity index (χ4v) is 2.50. The highest BCUT2D eigenvalue weighted by molar-refractivity contribution is 6.01. The molecule has 5 nitrogen and oxygen atoms in total. The largest absolute Gasteiger partial charge is 0.359 e. The molecule has 0 saturated heterocycles. The SMILES string of the molecule is C=C1Cc2ccc(NC(=O)Nc3cccc(C(C)=O)c3)cc2N1. The molecular weight excluding hydrogens is 290 g/mol. The molecule has 0 aromatic heterocycles. The number of anilines is 3. The summed E-state index contributed by atoms with van der Waals surface area (Å²) in [6, 6.07) is 12.2. The van der Waals surface area contributed by atoms with Crippen molar-refractivity contribution in [3.05, 3.63) is 65.9 Å². The topological polar surface area (TPSA) is 70.2 Å². The van der Waals surface area contributed by atoms with Gasteiger partial charge in [-0.15, -0.1) is 0 Å². The molecule has 0 aliphatic carbocycles. The van der Waals surface area contributed by atoms with Crippen molar-refractivity contribution in [3.8, 4) is 0 Å². The zero-order chi connectivity index (χ0) is 16.4. The van der Waals surface area contributed by atoms with E-state index in [0.717, 1.165) is 23.4 Å². The number of ketones is 1. The summed E-state index contributed by atoms with van der Waals surface area (Å²) in [5.41, 5.74) is 4.89. The Morgan fingerprint density at radius 2 is 1.83 bits per heavy atom. The molecule has 2 aromatic rings. The van der Waals surface area contributed by atoms with Crippen molar-refractivity contribution in [2.75, 3.05) is 16.0 Å². The van der Waals surface area contributed by atoms with Gasteiger partial charge in [0.2, 0.25) is 0 Å². The average molecular weight is 307 g/mol. The van der Waals surface area contributed by atoms with Gasteiger partial charge in [0, 0.05) is 34.7 Å². The second-order valence-corrected chi connectivity index (χ2v) is 5.49. The van der Waals surface area contributed by atoms with E-state index in [4.69, 9.17) is 0 Å². The first kappa shape index (κ1) is 14.8. The Labute approximate surface area is 134 Å². The maximum atomic E-state index is 12.1. The number of fused-ring (bicyclic) bond motifs is 1. The van der Waals surface area contributed by atoms with Crippen LogP contribution in [0.1, 0.15) is 22.8 Å². The lowest BCUT2D eigenvalue weighted by Gasteiger charge is -2.09. The molecule has 5 heteroatoms. The van der Waals surface area contributed by atoms with Gasteiger partial charge in [0.1, 0.15) is 0 Å². The van der Waals surface area contributed by atoms with Crippen LogP contribution in [0.5, 0.6) is 0 Å². The quantitative estimate of drug-likeness (QED) is 0.750. The molecule has 0 bridgehead atoms. The van der Waals surface area contributed by atoms with Crippen LogP contribution in [0, 0.1) is 0 Å². The van der Waals surface area contributed by atoms with Gasteiger partial charge in [0.25, 0.3) is 0 Å². The molecule has 1 aliphatic rings. The van der Waals surface area contributed by atoms with Crippen molar-refractivity contribution in [1.29, 1.82) is 0 Å². The Hall–Kier alpha value is -3.08. The number of hydrogen-bond donors (Lipinski definition) is 3. The van der Waals surface area contributed by atoms with Crippen LogP contribution in [-0.4, -0.2) is 11.8 Å². The molecule has 3 rings (SSSR count). The molecule has 116 valence electrons. The first-order valence-corrected chi connectivity index (χ1v) is 7.28. The lowest BCUT2D eigenvalue weighted by atomic mass is 10.1. The number of nitrogens with one attached hydrogen (secondary N) is 3. The van der Waals surface area contributed by atoms with E-state index >= 15 is 0 Å². The number of allylic oxidation sites excluding steroid dienone is 1. The summed E-state index contributed by atoms with van der Waals surface area (Å²) in [6.45, 7) is 5.39. The van der Waals surface area contributed by atoms with Gasteiger partial charge >= 0.3 is 6.03 Å². The highest BCUT2D eigenvalue weighted by atomic mass is 16.2. The Bertz CT molecular complexity index is 812. The maximum Gasteiger partial charge on any atom is 0.323 e. The highest BCUT2D eigenvalue weighted by Gasteiger charge is 2.14. The number of rotatable bonds is 3. The summed E-state index contributed by atoms with van der Waals surface area (Å²) in [7, 11) is 0. The standard InChI is InChI=1S/C18H17N3O2/c1-11-8-14-6-7-16(10-17(14)19-11)21-18(23)20-15-5-3-4-13(9-15)12(2)22/h3-7,9-10,19H,1,8H2,2H3,(H2,20,21,23). The molecule has 0 spiro atoms. The summed E-state index contributed by atoms with van der Waals surface area (Å²) in [4.78, 5) is 23.4. The van der Waals surface area contributed by atoms with Crippen LogP contribution in [0.15, 0.2) is 54.7 Å². The van der Waals surface area contributed by atoms with E-state index in [-0.39, 0.29) is 11.8 Å². The van der Waals surface area contributed by atoms with Crippen LogP contribution in [0.4, 0.5) is 21.9 Å². The van der Waals surface area contributed by atoms with E-state index in [9.17, 15) is 9.59 Å². The fraction of sp³-hybridized carbons (Fsp3) is 0.111. The number of hydrogen-bond acceptors (Lipinski definition) is 3. The molecule has 1 heterocycles. The first-order chi connectivity index (χ1) is 11.0. The van der Waals surface area contributed by atoms with Crippen molar-refractivity contribution in [1.82, 2.24) is 0 Å². The van der Waals surface area contributed by atoms with Gasteiger partial charge in [0.15, 0.2) is 5.78 Å². The molecule has 23 heavy (non-hydrogen) atoms. The molecule has 0 saturated carbocycles. The van der Waals surface area contributed by atoms with E-state index in [1.165, 1.54) is 6.92 Å². The van der Waals surface area contributed by atoms with Crippen LogP contribution in [0.2, 0.25) is 0 Å². The van der Waals surface area contributed by atoms with E-state index in [1.54, 1.807) is 24.3 Å². The second kappa shape index (κ2) is 5.96. The van der Waals surface area contributed by atoms with Gasteiger partial charge < -0.3 is 16.0 Å². The normalized spacial score (nSPS) is 12.3. The molecule has 1 aliphatic heterocycles. The predicted octanol–water partition coefficient (Wildman–Crippen LogP) is 4.01. The molecular formula is C18H17N3O2. The minimum atomic E-state index is -0.359. The Morgan fingerprint density at radius 1 is 1.09 bits per heavy atom. The molecule has 2 aromatic carbocycles. The number of urea groups is 1. The summed E-state index contributed by atoms with van der Waals surface area (Å²) in [5, 5.41) is 8.68. The molecule has 2 amide bonds. The van der Waals surface area contributed by atoms with Gasteiger partial charge in [-0.25, -0.2) is 4.79 Å². The molecule has 0 unspecified atom stereocenters. The average Bonchev–Trinajstić information content (AvgIpc) is 2.86. The number of amides is 2. The van der Waals surface area contributed by atoms with Crippen LogP contribution in [0.3, 0.4) is 0 Å². The summed E-state index contributed by atoms with van der Waals surface area (Å²) >= 11 is 0. The molecule has 0 radical (unpaired) electrons. The number of benzene rings is 2. The maximum absolute atomic E-state index is 12.1. The second-order valence-electron chi connectivity index (χ2n) is 5.49. The molecule has 0 fully saturated rings. The lowest BCUT2D eigenvalue weighted by Crippen LogP contribution is -2.19. The van der Waals surface area contributed by atoms with Crippen molar-refractivity contribution in [3.63, 3.8) is 0 Å². The van der Waals surface area contributed by atoms with E-state index < -0.39 is 0 Å². The third kappa shape index (κ3) is 3.40. The van der Waals surface area contributed by atoms with Gasteiger partial charge in [-0.05, 0) is 36.8 Å². The van der Waals surface area contributed by atoms with E-state index in [2.05, 4.69) is 22.5 Å². The summed E-state index contributed by atoms with van der Waals surface area (Å²) < 4.78 is 0. The van der Waals surface area contributed by atoms with Crippen molar-refractivity contribution < 1.29 is 9.59 Å². The van der Waals surface area contributed by atoms with Gasteiger partial charge in [-0.2, -0.15) is 0 Å². The monoisotopic (exact) mass is 307 g/mol. The minimum Gasteiger partial charge on any atom is -0.359 e. The fourth-order valence-electron chi connectivity index (χ4n) is 2.50. The van der Waals surface area contributed by atoms with Crippen LogP contribution >= 0.6 is 0 Å². The Morgan fingerprint density at radius 3 is 2.57 bits per heavy atom. The van der Waals surface area contributed by atoms with Gasteiger partial charge in [-0.3, -0.25) is 4.79 Å². The van der Waals surface area contributed by atoms with Crippen molar-refractivity contribution in [2.24, 2.45) is 0 Å². The number of carbonyl (C=O) groups is 2. The number of Topliss-reactive ketones (excluding diaryl/α,β-unsaturated/α-hetero) is 1. The molecule has 3 N–H and O–H groups in total. The lowest BCUT2D eigenvalue weighted by molar-refractivity contribution is 0.101. The highest BCUT2D eigenvalue weighted by Crippen LogP contribution is 2.29. The predicted molar refractivity (Wildman–Crippen MR) is 92.0 cm³/mol. The van der Waals surface area contributed by atoms with E-state index in [1.807, 2.05) is 18.2 Å². The van der Waals surface area contributed by atoms with Crippen molar-refractivity contribution >= 4 is 28.9 Å². The zero-order valence-corrected chi connectivity index (χ0v) is 12.8. The van der Waals surface area contributed by atoms with Crippen LogP contribution in [-0.2, 0) is 6.42 Å². The number of carbonyl (C=O) groups excluding carboxylic acids is 2. The third-order valence-corrected chi connectivity index (χ3v) is 3.61. The van der Waals surface area contributed by atoms with Gasteiger partial charge in [-0.1, -0.05) is 24.8 Å².